The molecule has 3 nitrogen and oxygen atoms in total. The van der Waals surface area contributed by atoms with Crippen molar-refractivity contribution in [1.82, 2.24) is 10.2 Å². The molecule has 1 saturated heterocycles. The monoisotopic (exact) mass is 273 g/mol. The standard InChI is InChI=1S/C16H20FN3/c17-16-8-12(9-18)3-4-13(16)10-20(15-5-6-15)11-14-2-1-7-19-14/h3-4,8,14-15,19H,1-2,5-7,10-11H2. The molecule has 1 atom stereocenters. The minimum atomic E-state index is -0.255. The Morgan fingerprint density at radius 2 is 2.20 bits per heavy atom. The molecule has 1 aromatic carbocycles. The molecule has 0 aromatic heterocycles. The van der Waals surface area contributed by atoms with E-state index in [-0.39, 0.29) is 5.82 Å². The lowest BCUT2D eigenvalue weighted by molar-refractivity contribution is 0.228. The largest absolute Gasteiger partial charge is 0.313 e. The molecule has 1 heterocycles. The van der Waals surface area contributed by atoms with Gasteiger partial charge in [0.1, 0.15) is 5.82 Å². The van der Waals surface area contributed by atoms with E-state index in [1.807, 2.05) is 6.07 Å². The average Bonchev–Trinajstić information content (AvgIpc) is 3.18. The summed E-state index contributed by atoms with van der Waals surface area (Å²) in [5.74, 6) is -0.255. The molecule has 0 amide bonds. The maximum Gasteiger partial charge on any atom is 0.129 e. The number of hydrogen-bond donors (Lipinski definition) is 1. The van der Waals surface area contributed by atoms with Gasteiger partial charge in [-0.1, -0.05) is 6.07 Å². The zero-order valence-corrected chi connectivity index (χ0v) is 11.6. The van der Waals surface area contributed by atoms with Crippen LogP contribution in [0.2, 0.25) is 0 Å². The van der Waals surface area contributed by atoms with Gasteiger partial charge < -0.3 is 5.32 Å². The van der Waals surface area contributed by atoms with E-state index in [1.54, 1.807) is 12.1 Å². The molecule has 0 radical (unpaired) electrons. The van der Waals surface area contributed by atoms with Crippen LogP contribution in [0, 0.1) is 17.1 Å². The highest BCUT2D eigenvalue weighted by atomic mass is 19.1. The van der Waals surface area contributed by atoms with Crippen molar-refractivity contribution >= 4 is 0 Å². The normalized spacial score (nSPS) is 22.1. The molecule has 1 aromatic rings. The lowest BCUT2D eigenvalue weighted by Crippen LogP contribution is -2.38. The molecule has 1 saturated carbocycles. The summed E-state index contributed by atoms with van der Waals surface area (Å²) in [4.78, 5) is 2.40. The van der Waals surface area contributed by atoms with Crippen LogP contribution < -0.4 is 5.32 Å². The van der Waals surface area contributed by atoms with E-state index in [1.165, 1.54) is 31.7 Å². The number of benzene rings is 1. The van der Waals surface area contributed by atoms with E-state index in [4.69, 9.17) is 5.26 Å². The van der Waals surface area contributed by atoms with Crippen molar-refractivity contribution in [2.75, 3.05) is 13.1 Å². The molecule has 2 fully saturated rings. The van der Waals surface area contributed by atoms with Gasteiger partial charge in [0.2, 0.25) is 0 Å². The zero-order valence-electron chi connectivity index (χ0n) is 11.6. The Balaban J connectivity index is 1.68. The number of rotatable bonds is 5. The van der Waals surface area contributed by atoms with Gasteiger partial charge in [0, 0.05) is 30.7 Å². The fraction of sp³-hybridized carbons (Fsp3) is 0.562. The molecular formula is C16H20FN3. The van der Waals surface area contributed by atoms with Gasteiger partial charge in [0.05, 0.1) is 11.6 Å². The molecule has 2 aliphatic rings. The van der Waals surface area contributed by atoms with Crippen LogP contribution in [0.5, 0.6) is 0 Å². The van der Waals surface area contributed by atoms with Crippen molar-refractivity contribution in [2.24, 2.45) is 0 Å². The summed E-state index contributed by atoms with van der Waals surface area (Å²) in [5, 5.41) is 12.3. The van der Waals surface area contributed by atoms with E-state index in [0.717, 1.165) is 13.1 Å². The van der Waals surface area contributed by atoms with E-state index < -0.39 is 0 Å². The Kier molecular flexibility index (Phi) is 4.00. The molecule has 20 heavy (non-hydrogen) atoms. The third-order valence-electron chi connectivity index (χ3n) is 4.24. The van der Waals surface area contributed by atoms with Gasteiger partial charge in [-0.05, 0) is 44.4 Å². The predicted molar refractivity (Wildman–Crippen MR) is 75.6 cm³/mol. The Morgan fingerprint density at radius 1 is 1.35 bits per heavy atom. The number of halogens is 1. The van der Waals surface area contributed by atoms with Gasteiger partial charge >= 0.3 is 0 Å². The Morgan fingerprint density at radius 3 is 2.80 bits per heavy atom. The molecule has 0 spiro atoms. The highest BCUT2D eigenvalue weighted by Crippen LogP contribution is 2.29. The van der Waals surface area contributed by atoms with Crippen molar-refractivity contribution in [3.05, 3.63) is 35.1 Å². The molecule has 106 valence electrons. The van der Waals surface area contributed by atoms with E-state index in [9.17, 15) is 4.39 Å². The second-order valence-electron chi connectivity index (χ2n) is 5.87. The van der Waals surface area contributed by atoms with Gasteiger partial charge in [-0.25, -0.2) is 4.39 Å². The molecule has 0 bridgehead atoms. The molecule has 4 heteroatoms. The minimum absolute atomic E-state index is 0.255. The zero-order chi connectivity index (χ0) is 13.9. The third kappa shape index (κ3) is 3.17. The second kappa shape index (κ2) is 5.90. The Bertz CT molecular complexity index is 513. The summed E-state index contributed by atoms with van der Waals surface area (Å²) in [6, 6.07) is 7.95. The SMILES string of the molecule is N#Cc1ccc(CN(CC2CCCN2)C2CC2)c(F)c1. The first-order chi connectivity index (χ1) is 9.76. The third-order valence-corrected chi connectivity index (χ3v) is 4.24. The van der Waals surface area contributed by atoms with Crippen molar-refractivity contribution in [3.63, 3.8) is 0 Å². The maximum atomic E-state index is 14.0. The van der Waals surface area contributed by atoms with E-state index in [0.29, 0.717) is 29.8 Å². The van der Waals surface area contributed by atoms with Crippen LogP contribution in [0.3, 0.4) is 0 Å². The van der Waals surface area contributed by atoms with Crippen LogP contribution in [0.25, 0.3) is 0 Å². The van der Waals surface area contributed by atoms with Crippen LogP contribution in [0.1, 0.15) is 36.8 Å². The van der Waals surface area contributed by atoms with Crippen LogP contribution in [0.15, 0.2) is 18.2 Å². The molecule has 1 N–H and O–H groups in total. The van der Waals surface area contributed by atoms with Crippen LogP contribution in [-0.2, 0) is 6.54 Å². The van der Waals surface area contributed by atoms with Crippen molar-refractivity contribution in [2.45, 2.75) is 44.3 Å². The summed E-state index contributed by atoms with van der Waals surface area (Å²) in [7, 11) is 0. The summed E-state index contributed by atoms with van der Waals surface area (Å²) in [6.07, 6.45) is 4.92. The minimum Gasteiger partial charge on any atom is -0.313 e. The maximum absolute atomic E-state index is 14.0. The van der Waals surface area contributed by atoms with Gasteiger partial charge in [-0.3, -0.25) is 4.90 Å². The van der Waals surface area contributed by atoms with Gasteiger partial charge in [-0.2, -0.15) is 5.26 Å². The highest BCUT2D eigenvalue weighted by Gasteiger charge is 2.31. The second-order valence-corrected chi connectivity index (χ2v) is 5.87. The topological polar surface area (TPSA) is 39.1 Å². The Hall–Kier alpha value is -1.44. The average molecular weight is 273 g/mol. The van der Waals surface area contributed by atoms with Crippen molar-refractivity contribution in [1.29, 1.82) is 5.26 Å². The smallest absolute Gasteiger partial charge is 0.129 e. The first-order valence-electron chi connectivity index (χ1n) is 7.42. The number of nitrogens with one attached hydrogen (secondary N) is 1. The first kappa shape index (κ1) is 13.5. The summed E-state index contributed by atoms with van der Waals surface area (Å²) >= 11 is 0. The summed E-state index contributed by atoms with van der Waals surface area (Å²) in [6.45, 7) is 2.76. The summed E-state index contributed by atoms with van der Waals surface area (Å²) < 4.78 is 14.0. The lowest BCUT2D eigenvalue weighted by Gasteiger charge is -2.25. The van der Waals surface area contributed by atoms with Gasteiger partial charge in [0.15, 0.2) is 0 Å². The van der Waals surface area contributed by atoms with Crippen LogP contribution in [-0.4, -0.2) is 30.1 Å². The molecule has 1 unspecified atom stereocenters. The van der Waals surface area contributed by atoms with Crippen LogP contribution in [0.4, 0.5) is 4.39 Å². The van der Waals surface area contributed by atoms with Gasteiger partial charge in [0.25, 0.3) is 0 Å². The number of nitriles is 1. The van der Waals surface area contributed by atoms with E-state index in [2.05, 4.69) is 10.2 Å². The highest BCUT2D eigenvalue weighted by molar-refractivity contribution is 5.32. The quantitative estimate of drug-likeness (QED) is 0.895. The fourth-order valence-corrected chi connectivity index (χ4v) is 2.94. The Labute approximate surface area is 119 Å². The first-order valence-corrected chi connectivity index (χ1v) is 7.42. The predicted octanol–water partition coefficient (Wildman–Crippen LogP) is 2.41. The fourth-order valence-electron chi connectivity index (χ4n) is 2.94. The van der Waals surface area contributed by atoms with E-state index >= 15 is 0 Å². The molecule has 1 aliphatic carbocycles. The van der Waals surface area contributed by atoms with Gasteiger partial charge in [-0.15, -0.1) is 0 Å². The van der Waals surface area contributed by atoms with Crippen molar-refractivity contribution < 1.29 is 4.39 Å². The number of hydrogen-bond acceptors (Lipinski definition) is 3. The van der Waals surface area contributed by atoms with Crippen molar-refractivity contribution in [3.8, 4) is 6.07 Å². The number of nitrogens with zero attached hydrogens (tertiary/aromatic N) is 2. The summed E-state index contributed by atoms with van der Waals surface area (Å²) in [5.41, 5.74) is 1.09. The van der Waals surface area contributed by atoms with Crippen LogP contribution >= 0.6 is 0 Å². The molecule has 3 rings (SSSR count). The molecule has 1 aliphatic heterocycles. The lowest BCUT2D eigenvalue weighted by atomic mass is 10.1. The molecular weight excluding hydrogens is 253 g/mol.